The SMILES string of the molecule is COC(=O)Cc1nc2ccc(Cl)cn2c1N=Nc1cccc(C)c1C. The Morgan fingerprint density at radius 2 is 2.04 bits per heavy atom. The summed E-state index contributed by atoms with van der Waals surface area (Å²) in [6, 6.07) is 9.34. The summed E-state index contributed by atoms with van der Waals surface area (Å²) in [6.07, 6.45) is 1.71. The first-order chi connectivity index (χ1) is 12.0. The number of carbonyl (C=O) groups is 1. The standard InChI is InChI=1S/C18H17ClN4O2/c1-11-5-4-6-14(12(11)2)21-22-18-15(9-17(24)25-3)20-16-8-7-13(19)10-23(16)18/h4-8,10H,9H2,1-3H3. The number of esters is 1. The highest BCUT2D eigenvalue weighted by atomic mass is 35.5. The molecule has 25 heavy (non-hydrogen) atoms. The fourth-order valence-corrected chi connectivity index (χ4v) is 2.59. The van der Waals surface area contributed by atoms with Crippen molar-refractivity contribution < 1.29 is 9.53 Å². The third-order valence-corrected chi connectivity index (χ3v) is 4.22. The van der Waals surface area contributed by atoms with E-state index in [-0.39, 0.29) is 6.42 Å². The lowest BCUT2D eigenvalue weighted by molar-refractivity contribution is -0.139. The van der Waals surface area contributed by atoms with Crippen molar-refractivity contribution in [3.8, 4) is 0 Å². The average molecular weight is 357 g/mol. The van der Waals surface area contributed by atoms with E-state index in [9.17, 15) is 4.79 Å². The Morgan fingerprint density at radius 1 is 1.24 bits per heavy atom. The first-order valence-electron chi connectivity index (χ1n) is 7.71. The summed E-state index contributed by atoms with van der Waals surface area (Å²) in [5, 5.41) is 9.25. The second-order valence-electron chi connectivity index (χ2n) is 5.63. The van der Waals surface area contributed by atoms with Crippen LogP contribution in [0.15, 0.2) is 46.8 Å². The number of imidazole rings is 1. The van der Waals surface area contributed by atoms with E-state index in [1.165, 1.54) is 7.11 Å². The van der Waals surface area contributed by atoms with Crippen molar-refractivity contribution in [2.45, 2.75) is 20.3 Å². The van der Waals surface area contributed by atoms with Gasteiger partial charge in [-0.2, -0.15) is 0 Å². The molecule has 0 amide bonds. The first kappa shape index (κ1) is 17.1. The lowest BCUT2D eigenvalue weighted by atomic mass is 10.1. The quantitative estimate of drug-likeness (QED) is 0.501. The van der Waals surface area contributed by atoms with Crippen molar-refractivity contribution in [3.05, 3.63) is 58.4 Å². The van der Waals surface area contributed by atoms with Gasteiger partial charge in [0.1, 0.15) is 5.65 Å². The molecule has 1 aromatic carbocycles. The second kappa shape index (κ2) is 7.03. The Labute approximate surface area is 150 Å². The van der Waals surface area contributed by atoms with E-state index in [0.717, 1.165) is 16.8 Å². The van der Waals surface area contributed by atoms with Gasteiger partial charge in [-0.3, -0.25) is 9.20 Å². The van der Waals surface area contributed by atoms with Gasteiger partial charge in [-0.05, 0) is 43.2 Å². The zero-order valence-electron chi connectivity index (χ0n) is 14.2. The van der Waals surface area contributed by atoms with Gasteiger partial charge in [-0.25, -0.2) is 4.98 Å². The highest BCUT2D eigenvalue weighted by molar-refractivity contribution is 6.30. The summed E-state index contributed by atoms with van der Waals surface area (Å²) in [6.45, 7) is 4.01. The van der Waals surface area contributed by atoms with Crippen LogP contribution in [0.25, 0.3) is 5.65 Å². The van der Waals surface area contributed by atoms with Gasteiger partial charge in [0.15, 0.2) is 5.82 Å². The Morgan fingerprint density at radius 3 is 2.80 bits per heavy atom. The number of carbonyl (C=O) groups excluding carboxylic acids is 1. The normalized spacial score (nSPS) is 11.4. The molecule has 0 aliphatic carbocycles. The molecule has 0 bridgehead atoms. The van der Waals surface area contributed by atoms with E-state index in [1.54, 1.807) is 22.7 Å². The maximum Gasteiger partial charge on any atom is 0.311 e. The summed E-state index contributed by atoms with van der Waals surface area (Å²) < 4.78 is 6.46. The lowest BCUT2D eigenvalue weighted by Gasteiger charge is -2.03. The minimum Gasteiger partial charge on any atom is -0.469 e. The molecule has 128 valence electrons. The highest BCUT2D eigenvalue weighted by Gasteiger charge is 2.16. The molecule has 0 spiro atoms. The molecule has 0 aliphatic heterocycles. The number of fused-ring (bicyclic) bond motifs is 1. The molecule has 2 aromatic heterocycles. The van der Waals surface area contributed by atoms with Crippen LogP contribution in [0.3, 0.4) is 0 Å². The van der Waals surface area contributed by atoms with E-state index in [4.69, 9.17) is 16.3 Å². The molecule has 0 fully saturated rings. The van der Waals surface area contributed by atoms with E-state index >= 15 is 0 Å². The van der Waals surface area contributed by atoms with E-state index in [0.29, 0.717) is 22.2 Å². The van der Waals surface area contributed by atoms with Crippen molar-refractivity contribution in [2.24, 2.45) is 10.2 Å². The predicted molar refractivity (Wildman–Crippen MR) is 96.0 cm³/mol. The molecule has 0 atom stereocenters. The number of azo groups is 1. The molecule has 0 unspecified atom stereocenters. The minimum absolute atomic E-state index is 0.0109. The topological polar surface area (TPSA) is 68.3 Å². The molecule has 3 aromatic rings. The molecule has 0 aliphatic rings. The van der Waals surface area contributed by atoms with Crippen molar-refractivity contribution in [2.75, 3.05) is 7.11 Å². The average Bonchev–Trinajstić information content (AvgIpc) is 2.92. The predicted octanol–water partition coefficient (Wildman–Crippen LogP) is 4.74. The molecule has 0 radical (unpaired) electrons. The van der Waals surface area contributed by atoms with Gasteiger partial charge in [0.2, 0.25) is 0 Å². The van der Waals surface area contributed by atoms with Gasteiger partial charge >= 0.3 is 5.97 Å². The number of aromatic nitrogens is 2. The number of hydrogen-bond donors (Lipinski definition) is 0. The summed E-state index contributed by atoms with van der Waals surface area (Å²) in [4.78, 5) is 16.1. The number of aryl methyl sites for hydroxylation is 1. The van der Waals surface area contributed by atoms with Crippen LogP contribution < -0.4 is 0 Å². The summed E-state index contributed by atoms with van der Waals surface area (Å²) in [5.74, 6) is 0.0708. The van der Waals surface area contributed by atoms with Gasteiger partial charge < -0.3 is 4.74 Å². The Balaban J connectivity index is 2.10. The molecule has 6 nitrogen and oxygen atoms in total. The number of benzene rings is 1. The van der Waals surface area contributed by atoms with E-state index < -0.39 is 5.97 Å². The zero-order chi connectivity index (χ0) is 18.0. The van der Waals surface area contributed by atoms with Gasteiger partial charge in [0.05, 0.1) is 29.9 Å². The molecule has 3 rings (SSSR count). The maximum atomic E-state index is 11.7. The minimum atomic E-state index is -0.391. The molecule has 0 N–H and O–H groups in total. The Bertz CT molecular complexity index is 979. The number of ether oxygens (including phenoxy) is 1. The second-order valence-corrected chi connectivity index (χ2v) is 6.07. The fourth-order valence-electron chi connectivity index (χ4n) is 2.43. The van der Waals surface area contributed by atoms with Crippen molar-refractivity contribution in [1.29, 1.82) is 0 Å². The molecule has 0 saturated carbocycles. The van der Waals surface area contributed by atoms with Crippen molar-refractivity contribution in [3.63, 3.8) is 0 Å². The largest absolute Gasteiger partial charge is 0.469 e. The highest BCUT2D eigenvalue weighted by Crippen LogP contribution is 2.28. The molecule has 2 heterocycles. The van der Waals surface area contributed by atoms with Crippen LogP contribution in [-0.4, -0.2) is 22.5 Å². The zero-order valence-corrected chi connectivity index (χ0v) is 14.9. The Hall–Kier alpha value is -2.73. The van der Waals surface area contributed by atoms with E-state index in [2.05, 4.69) is 15.2 Å². The summed E-state index contributed by atoms with van der Waals surface area (Å²) in [7, 11) is 1.34. The van der Waals surface area contributed by atoms with Gasteiger partial charge in [0, 0.05) is 6.20 Å². The number of methoxy groups -OCH3 is 1. The van der Waals surface area contributed by atoms with Gasteiger partial charge in [0.25, 0.3) is 0 Å². The number of nitrogens with zero attached hydrogens (tertiary/aromatic N) is 4. The number of hydrogen-bond acceptors (Lipinski definition) is 5. The third kappa shape index (κ3) is 3.53. The van der Waals surface area contributed by atoms with Crippen LogP contribution in [0, 0.1) is 13.8 Å². The van der Waals surface area contributed by atoms with Gasteiger partial charge in [-0.1, -0.05) is 23.7 Å². The molecular formula is C18H17ClN4O2. The van der Waals surface area contributed by atoms with Crippen LogP contribution in [0.1, 0.15) is 16.8 Å². The number of pyridine rings is 1. The third-order valence-electron chi connectivity index (χ3n) is 3.99. The van der Waals surface area contributed by atoms with Crippen LogP contribution >= 0.6 is 11.6 Å². The fraction of sp³-hybridized carbons (Fsp3) is 0.222. The van der Waals surface area contributed by atoms with E-state index in [1.807, 2.05) is 32.0 Å². The van der Waals surface area contributed by atoms with Crippen LogP contribution in [0.5, 0.6) is 0 Å². The van der Waals surface area contributed by atoms with Crippen molar-refractivity contribution in [1.82, 2.24) is 9.38 Å². The monoisotopic (exact) mass is 356 g/mol. The summed E-state index contributed by atoms with van der Waals surface area (Å²) >= 11 is 6.08. The molecular weight excluding hydrogens is 340 g/mol. The Kier molecular flexibility index (Phi) is 4.81. The molecule has 7 heteroatoms. The van der Waals surface area contributed by atoms with Crippen molar-refractivity contribution >= 4 is 34.7 Å². The van der Waals surface area contributed by atoms with Crippen LogP contribution in [0.4, 0.5) is 11.5 Å². The maximum absolute atomic E-state index is 11.7. The van der Waals surface area contributed by atoms with Crippen LogP contribution in [-0.2, 0) is 16.0 Å². The number of rotatable bonds is 4. The smallest absolute Gasteiger partial charge is 0.311 e. The summed E-state index contributed by atoms with van der Waals surface area (Å²) in [5.41, 5.74) is 4.07. The van der Waals surface area contributed by atoms with Crippen LogP contribution in [0.2, 0.25) is 5.02 Å². The number of halogens is 1. The van der Waals surface area contributed by atoms with Gasteiger partial charge in [-0.15, -0.1) is 10.2 Å². The molecule has 0 saturated heterocycles. The first-order valence-corrected chi connectivity index (χ1v) is 8.08. The lowest BCUT2D eigenvalue weighted by Crippen LogP contribution is -2.04.